The number of rotatable bonds is 12. The van der Waals surface area contributed by atoms with Crippen molar-refractivity contribution in [2.24, 2.45) is 0 Å². The topological polar surface area (TPSA) is 75.6 Å². The highest BCUT2D eigenvalue weighted by Gasteiger charge is 2.31. The van der Waals surface area contributed by atoms with Crippen LogP contribution in [0.25, 0.3) is 17.2 Å². The highest BCUT2D eigenvalue weighted by Crippen LogP contribution is 2.21. The molecule has 0 aliphatic heterocycles. The van der Waals surface area contributed by atoms with Crippen molar-refractivity contribution in [3.05, 3.63) is 125 Å². The zero-order valence-electron chi connectivity index (χ0n) is 23.2. The van der Waals surface area contributed by atoms with Crippen LogP contribution in [0.3, 0.4) is 0 Å². The number of carbonyl (C=O) groups excluding carboxylic acids is 2. The summed E-state index contributed by atoms with van der Waals surface area (Å²) < 4.78 is 5.20. The Labute approximate surface area is 246 Å². The monoisotopic (exact) mass is 568 g/mol. The Balaban J connectivity index is 1.68. The van der Waals surface area contributed by atoms with E-state index in [1.807, 2.05) is 72.9 Å². The molecule has 8 heteroatoms. The lowest BCUT2D eigenvalue weighted by molar-refractivity contribution is -0.143. The van der Waals surface area contributed by atoms with Gasteiger partial charge < -0.3 is 14.5 Å². The number of pyridine rings is 2. The summed E-state index contributed by atoms with van der Waals surface area (Å²) in [5.74, 6) is -0.446. The van der Waals surface area contributed by atoms with Crippen LogP contribution in [0.2, 0.25) is 5.15 Å². The number of amides is 2. The largest absolute Gasteiger partial charge is 0.383 e. The molecule has 0 aliphatic carbocycles. The molecule has 1 atom stereocenters. The molecular weight excluding hydrogens is 536 g/mol. The Bertz CT molecular complexity index is 1430. The van der Waals surface area contributed by atoms with Gasteiger partial charge in [0.05, 0.1) is 6.61 Å². The minimum Gasteiger partial charge on any atom is -0.383 e. The normalized spacial score (nSPS) is 11.8. The second-order valence-corrected chi connectivity index (χ2v) is 10.00. The first-order valence-corrected chi connectivity index (χ1v) is 13.7. The van der Waals surface area contributed by atoms with Gasteiger partial charge in [-0.25, -0.2) is 4.98 Å². The van der Waals surface area contributed by atoms with Crippen LogP contribution in [0, 0.1) is 0 Å². The van der Waals surface area contributed by atoms with Crippen molar-refractivity contribution in [1.29, 1.82) is 0 Å². The molecule has 0 aliphatic rings. The molecule has 2 amide bonds. The summed E-state index contributed by atoms with van der Waals surface area (Å²) in [6.45, 7) is 1.05. The lowest BCUT2D eigenvalue weighted by atomic mass is 10.0. The smallest absolute Gasteiger partial charge is 0.247 e. The second kappa shape index (κ2) is 14.9. The number of hydrogen-bond donors (Lipinski definition) is 0. The van der Waals surface area contributed by atoms with E-state index in [-0.39, 0.29) is 18.4 Å². The number of methoxy groups -OCH3 is 1. The lowest BCUT2D eigenvalue weighted by Crippen LogP contribution is -2.51. The van der Waals surface area contributed by atoms with Gasteiger partial charge in [0.15, 0.2) is 0 Å². The SMILES string of the molecule is COCCN(C)C(=O)[C@H](Cc1ccccc1)N(Cc1ccc(-c2cccnc2)cc1)C(=O)/C=C/c1ccc(Cl)nc1. The van der Waals surface area contributed by atoms with E-state index in [1.54, 1.807) is 54.6 Å². The fourth-order valence-electron chi connectivity index (χ4n) is 4.38. The van der Waals surface area contributed by atoms with Gasteiger partial charge in [-0.2, -0.15) is 0 Å². The summed E-state index contributed by atoms with van der Waals surface area (Å²) in [7, 11) is 3.33. The minimum atomic E-state index is -0.738. The van der Waals surface area contributed by atoms with E-state index in [0.29, 0.717) is 24.7 Å². The number of benzene rings is 2. The van der Waals surface area contributed by atoms with Crippen LogP contribution in [-0.2, 0) is 27.3 Å². The first-order valence-electron chi connectivity index (χ1n) is 13.3. The maximum Gasteiger partial charge on any atom is 0.247 e. The molecule has 0 fully saturated rings. The van der Waals surface area contributed by atoms with Crippen molar-refractivity contribution in [3.8, 4) is 11.1 Å². The van der Waals surface area contributed by atoms with Crippen molar-refractivity contribution in [3.63, 3.8) is 0 Å². The van der Waals surface area contributed by atoms with Gasteiger partial charge in [-0.3, -0.25) is 14.6 Å². The van der Waals surface area contributed by atoms with E-state index in [9.17, 15) is 9.59 Å². The molecule has 2 aromatic carbocycles. The maximum atomic E-state index is 13.9. The summed E-state index contributed by atoms with van der Waals surface area (Å²) in [5.41, 5.74) is 4.61. The van der Waals surface area contributed by atoms with Gasteiger partial charge >= 0.3 is 0 Å². The minimum absolute atomic E-state index is 0.159. The molecule has 0 radical (unpaired) electrons. The molecule has 210 valence electrons. The van der Waals surface area contributed by atoms with Crippen molar-refractivity contribution in [2.45, 2.75) is 19.0 Å². The zero-order chi connectivity index (χ0) is 29.0. The molecular formula is C33H33ClN4O3. The summed E-state index contributed by atoms with van der Waals surface area (Å²) in [4.78, 5) is 39.2. The van der Waals surface area contributed by atoms with Crippen LogP contribution in [-0.4, -0.2) is 64.9 Å². The molecule has 0 spiro atoms. The number of aromatic nitrogens is 2. The molecule has 0 N–H and O–H groups in total. The molecule has 41 heavy (non-hydrogen) atoms. The average Bonchev–Trinajstić information content (AvgIpc) is 3.02. The second-order valence-electron chi connectivity index (χ2n) is 9.61. The highest BCUT2D eigenvalue weighted by atomic mass is 35.5. The van der Waals surface area contributed by atoms with Gasteiger partial charge in [-0.05, 0) is 46.0 Å². The summed E-state index contributed by atoms with van der Waals surface area (Å²) >= 11 is 5.92. The number of ether oxygens (including phenoxy) is 1. The highest BCUT2D eigenvalue weighted by molar-refractivity contribution is 6.29. The summed E-state index contributed by atoms with van der Waals surface area (Å²) in [6, 6.07) is 24.3. The molecule has 0 saturated carbocycles. The lowest BCUT2D eigenvalue weighted by Gasteiger charge is -2.33. The van der Waals surface area contributed by atoms with Gasteiger partial charge in [-0.1, -0.05) is 78.3 Å². The Morgan fingerprint density at radius 3 is 2.37 bits per heavy atom. The Kier molecular flexibility index (Phi) is 10.8. The number of hydrogen-bond acceptors (Lipinski definition) is 5. The number of carbonyl (C=O) groups is 2. The molecule has 4 rings (SSSR count). The van der Waals surface area contributed by atoms with Crippen LogP contribution in [0.15, 0.2) is 104 Å². The van der Waals surface area contributed by atoms with E-state index >= 15 is 0 Å². The van der Waals surface area contributed by atoms with Crippen LogP contribution in [0.5, 0.6) is 0 Å². The van der Waals surface area contributed by atoms with Gasteiger partial charge in [0.2, 0.25) is 11.8 Å². The Morgan fingerprint density at radius 2 is 1.71 bits per heavy atom. The van der Waals surface area contributed by atoms with Crippen molar-refractivity contribution in [1.82, 2.24) is 19.8 Å². The molecule has 0 bridgehead atoms. The van der Waals surface area contributed by atoms with Crippen LogP contribution in [0.1, 0.15) is 16.7 Å². The van der Waals surface area contributed by atoms with Crippen molar-refractivity contribution in [2.75, 3.05) is 27.3 Å². The van der Waals surface area contributed by atoms with Crippen LogP contribution in [0.4, 0.5) is 0 Å². The van der Waals surface area contributed by atoms with Crippen LogP contribution >= 0.6 is 11.6 Å². The van der Waals surface area contributed by atoms with Gasteiger partial charge in [0.1, 0.15) is 11.2 Å². The standard InChI is InChI=1S/C33H33ClN4O3/c1-37(19-20-41-2)33(40)30(21-25-7-4-3-5-8-25)38(32(39)17-13-26-12-16-31(34)36-22-26)24-27-10-14-28(15-11-27)29-9-6-18-35-23-29/h3-18,22-23,30H,19-21,24H2,1-2H3/b17-13+/t30-/m0/s1. The van der Waals surface area contributed by atoms with E-state index in [4.69, 9.17) is 16.3 Å². The quantitative estimate of drug-likeness (QED) is 0.165. The van der Waals surface area contributed by atoms with Gasteiger partial charge in [0, 0.05) is 58.3 Å². The maximum absolute atomic E-state index is 13.9. The molecule has 4 aromatic rings. The van der Waals surface area contributed by atoms with E-state index in [0.717, 1.165) is 27.8 Å². The van der Waals surface area contributed by atoms with E-state index in [2.05, 4.69) is 9.97 Å². The number of nitrogens with zero attached hydrogens (tertiary/aromatic N) is 4. The number of likely N-dealkylation sites (N-methyl/N-ethyl adjacent to an activating group) is 1. The molecule has 0 unspecified atom stereocenters. The third-order valence-electron chi connectivity index (χ3n) is 6.69. The predicted octanol–water partition coefficient (Wildman–Crippen LogP) is 5.56. The molecule has 0 saturated heterocycles. The van der Waals surface area contributed by atoms with Crippen molar-refractivity contribution >= 4 is 29.5 Å². The average molecular weight is 569 g/mol. The van der Waals surface area contributed by atoms with E-state index < -0.39 is 6.04 Å². The molecule has 2 aromatic heterocycles. The first kappa shape index (κ1) is 29.6. The first-order chi connectivity index (χ1) is 19.9. The van der Waals surface area contributed by atoms with Crippen molar-refractivity contribution < 1.29 is 14.3 Å². The summed E-state index contributed by atoms with van der Waals surface area (Å²) in [5, 5.41) is 0.373. The Hall–Kier alpha value is -4.33. The third-order valence-corrected chi connectivity index (χ3v) is 6.92. The molecule has 2 heterocycles. The molecule has 7 nitrogen and oxygen atoms in total. The Morgan fingerprint density at radius 1 is 0.927 bits per heavy atom. The van der Waals surface area contributed by atoms with Crippen LogP contribution < -0.4 is 0 Å². The third kappa shape index (κ3) is 8.58. The predicted molar refractivity (Wildman–Crippen MR) is 162 cm³/mol. The van der Waals surface area contributed by atoms with Gasteiger partial charge in [0.25, 0.3) is 0 Å². The summed E-state index contributed by atoms with van der Waals surface area (Å²) in [6.07, 6.45) is 8.68. The van der Waals surface area contributed by atoms with Gasteiger partial charge in [-0.15, -0.1) is 0 Å². The van der Waals surface area contributed by atoms with E-state index in [1.165, 1.54) is 6.08 Å². The fraction of sp³-hybridized carbons (Fsp3) is 0.212. The zero-order valence-corrected chi connectivity index (χ0v) is 23.9. The fourth-order valence-corrected chi connectivity index (χ4v) is 4.50. The number of halogens is 1.